The van der Waals surface area contributed by atoms with Gasteiger partial charge in [-0.15, -0.1) is 22.7 Å². The number of fused-ring (bicyclic) bond motifs is 1. The zero-order valence-electron chi connectivity index (χ0n) is 39.1. The van der Waals surface area contributed by atoms with Gasteiger partial charge < -0.3 is 15.6 Å². The van der Waals surface area contributed by atoms with E-state index < -0.39 is 5.97 Å². The van der Waals surface area contributed by atoms with E-state index >= 15 is 0 Å². The summed E-state index contributed by atoms with van der Waals surface area (Å²) in [5.74, 6) is 0.134. The van der Waals surface area contributed by atoms with E-state index in [0.717, 1.165) is 28.2 Å². The molecule has 0 saturated heterocycles. The summed E-state index contributed by atoms with van der Waals surface area (Å²) in [5, 5.41) is 12.0. The molecule has 1 aliphatic heterocycles. The van der Waals surface area contributed by atoms with Gasteiger partial charge in [0, 0.05) is 17.3 Å². The minimum atomic E-state index is -1.09. The number of carbonyl (C=O) groups excluding carboxylic acids is 3. The minimum Gasteiger partial charge on any atom is -0.477 e. The number of thiophene rings is 2. The van der Waals surface area contributed by atoms with E-state index in [9.17, 15) is 19.2 Å². The Morgan fingerprint density at radius 1 is 0.629 bits per heavy atom. The van der Waals surface area contributed by atoms with Crippen molar-refractivity contribution in [1.29, 1.82) is 0 Å². The number of imide groups is 1. The zero-order valence-corrected chi connectivity index (χ0v) is 45.0. The normalized spacial score (nSPS) is 13.0. The molecule has 2 aromatic rings. The van der Waals surface area contributed by atoms with Crippen LogP contribution in [-0.4, -0.2) is 47.4 Å². The molecule has 1 aliphatic rings. The van der Waals surface area contributed by atoms with Gasteiger partial charge in [-0.1, -0.05) is 195 Å². The first-order valence-electron chi connectivity index (χ1n) is 24.5. The summed E-state index contributed by atoms with van der Waals surface area (Å²) in [5.41, 5.74) is 7.26. The Bertz CT molecular complexity index is 1470. The Kier molecular flexibility index (Phi) is 37.2. The van der Waals surface area contributed by atoms with Crippen molar-refractivity contribution in [2.45, 2.75) is 220 Å². The predicted octanol–water partition coefficient (Wildman–Crippen LogP) is 16.5. The molecular formula is C50H84I2N2O6S2. The lowest BCUT2D eigenvalue weighted by Crippen LogP contribution is -2.35. The Morgan fingerprint density at radius 3 is 1.40 bits per heavy atom. The number of hydrogen-bond donors (Lipinski definition) is 2. The average molecular weight is 1130 g/mol. The van der Waals surface area contributed by atoms with Gasteiger partial charge in [-0.25, -0.2) is 4.79 Å². The Labute approximate surface area is 412 Å². The summed E-state index contributed by atoms with van der Waals surface area (Å²) in [4.78, 5) is 47.6. The molecule has 0 spiro atoms. The molecule has 0 saturated carbocycles. The van der Waals surface area contributed by atoms with Crippen molar-refractivity contribution in [1.82, 2.24) is 4.90 Å². The van der Waals surface area contributed by atoms with Crippen LogP contribution in [0.15, 0.2) is 10.8 Å². The van der Waals surface area contributed by atoms with Crippen LogP contribution in [0.4, 0.5) is 0 Å². The summed E-state index contributed by atoms with van der Waals surface area (Å²) < 4.78 is 6.00. The SMILES string of the molecule is CCCCCCCCCCC(CCCCCC)CN1C(=O)c2csc(I)c2C1=O.CCCCCCCCCCC(CN)CCCCCCCC.O=COc1csc(I)c1C(=O)O. The second-order valence-corrected chi connectivity index (χ2v) is 22.6. The van der Waals surface area contributed by atoms with Crippen molar-refractivity contribution in [3.63, 3.8) is 0 Å². The third-order valence-corrected chi connectivity index (χ3v) is 16.0. The highest BCUT2D eigenvalue weighted by atomic mass is 127. The summed E-state index contributed by atoms with van der Waals surface area (Å²) >= 11 is 6.78. The number of nitrogens with zero attached hydrogens (tertiary/aromatic N) is 1. The van der Waals surface area contributed by atoms with E-state index in [1.54, 1.807) is 0 Å². The number of rotatable bonds is 36. The quantitative estimate of drug-likeness (QED) is 0.0301. The molecule has 2 atom stereocenters. The molecule has 0 radical (unpaired) electrons. The first-order chi connectivity index (χ1) is 30.1. The zero-order chi connectivity index (χ0) is 45.8. The van der Waals surface area contributed by atoms with Crippen LogP contribution >= 0.6 is 67.9 Å². The molecule has 3 rings (SSSR count). The van der Waals surface area contributed by atoms with Gasteiger partial charge >= 0.3 is 5.97 Å². The standard InChI is InChI=1S/C24H38INO2S.C20H43N.C6H3IO4S/c1-3-5-7-9-10-11-12-14-16-19(15-13-8-6-4-2)17-26-23(27)20-18-29-22(25)21(20)24(26)28;1-3-5-7-9-11-12-14-16-18-20(19-21)17-15-13-10-8-6-4-2;7-5-4(6(9)10)3(1-12-5)11-2-8/h18-19H,3-17H2,1-2H3;20H,3-19,21H2,1-2H3;1-2H,(H,9,10). The molecule has 12 heteroatoms. The van der Waals surface area contributed by atoms with Crippen LogP contribution in [0.25, 0.3) is 0 Å². The van der Waals surface area contributed by atoms with Crippen molar-refractivity contribution in [3.05, 3.63) is 33.2 Å². The maximum absolute atomic E-state index is 12.8. The van der Waals surface area contributed by atoms with Crippen molar-refractivity contribution >= 4 is 92.1 Å². The smallest absolute Gasteiger partial charge is 0.341 e. The molecule has 0 fully saturated rings. The summed E-state index contributed by atoms with van der Waals surface area (Å²) in [7, 11) is 0. The van der Waals surface area contributed by atoms with Crippen molar-refractivity contribution < 1.29 is 29.0 Å². The fourth-order valence-corrected chi connectivity index (χ4v) is 11.3. The number of unbranched alkanes of at least 4 members (excludes halogenated alkanes) is 22. The van der Waals surface area contributed by atoms with Gasteiger partial charge in [-0.3, -0.25) is 19.3 Å². The fourth-order valence-electron chi connectivity index (χ4n) is 8.05. The Balaban J connectivity index is 0.000000507. The maximum Gasteiger partial charge on any atom is 0.341 e. The third kappa shape index (κ3) is 25.6. The fraction of sp³-hybridized carbons (Fsp3) is 0.760. The van der Waals surface area contributed by atoms with Crippen LogP contribution in [0.1, 0.15) is 251 Å². The number of amides is 2. The van der Waals surface area contributed by atoms with Gasteiger partial charge in [-0.2, -0.15) is 0 Å². The molecule has 8 nitrogen and oxygen atoms in total. The number of aromatic carboxylic acids is 1. The molecule has 356 valence electrons. The van der Waals surface area contributed by atoms with Gasteiger partial charge in [-0.05, 0) is 89.2 Å². The lowest BCUT2D eigenvalue weighted by Gasteiger charge is -2.23. The minimum absolute atomic E-state index is 0.0488. The number of carboxylic acid groups (broad SMARTS) is 1. The number of carbonyl (C=O) groups is 4. The molecule has 2 unspecified atom stereocenters. The van der Waals surface area contributed by atoms with E-state index in [4.69, 9.17) is 10.8 Å². The van der Waals surface area contributed by atoms with Crippen LogP contribution in [0.5, 0.6) is 5.75 Å². The number of nitrogens with two attached hydrogens (primary N) is 1. The number of halogens is 2. The first-order valence-corrected chi connectivity index (χ1v) is 28.5. The predicted molar refractivity (Wildman–Crippen MR) is 280 cm³/mol. The van der Waals surface area contributed by atoms with E-state index in [1.807, 2.05) is 28.0 Å². The molecular weight excluding hydrogens is 1040 g/mol. The Morgan fingerprint density at radius 2 is 1.02 bits per heavy atom. The van der Waals surface area contributed by atoms with Gasteiger partial charge in [0.05, 0.1) is 16.9 Å². The topological polar surface area (TPSA) is 127 Å². The highest BCUT2D eigenvalue weighted by molar-refractivity contribution is 14.1. The summed E-state index contributed by atoms with van der Waals surface area (Å²) in [6, 6.07) is 0. The monoisotopic (exact) mass is 1130 g/mol. The van der Waals surface area contributed by atoms with Gasteiger partial charge in [0.2, 0.25) is 0 Å². The third-order valence-electron chi connectivity index (χ3n) is 11.9. The van der Waals surface area contributed by atoms with Gasteiger partial charge in [0.15, 0.2) is 5.75 Å². The second-order valence-electron chi connectivity index (χ2n) is 17.2. The van der Waals surface area contributed by atoms with E-state index in [1.165, 1.54) is 213 Å². The van der Waals surface area contributed by atoms with Crippen molar-refractivity contribution in [3.8, 4) is 5.75 Å². The highest BCUT2D eigenvalue weighted by Crippen LogP contribution is 2.34. The lowest BCUT2D eigenvalue weighted by molar-refractivity contribution is -0.120. The van der Waals surface area contributed by atoms with Crippen LogP contribution in [0.2, 0.25) is 0 Å². The maximum atomic E-state index is 12.8. The molecule has 3 heterocycles. The number of carboxylic acids is 1. The van der Waals surface area contributed by atoms with E-state index in [0.29, 0.717) is 26.5 Å². The van der Waals surface area contributed by atoms with Crippen LogP contribution in [0, 0.1) is 17.6 Å². The van der Waals surface area contributed by atoms with Gasteiger partial charge in [0.1, 0.15) is 5.56 Å². The summed E-state index contributed by atoms with van der Waals surface area (Å²) in [6.45, 7) is 10.8. The molecule has 2 aromatic heterocycles. The average Bonchev–Trinajstić information content (AvgIpc) is 3.91. The molecule has 0 bridgehead atoms. The van der Waals surface area contributed by atoms with Gasteiger partial charge in [0.25, 0.3) is 18.3 Å². The largest absolute Gasteiger partial charge is 0.477 e. The van der Waals surface area contributed by atoms with E-state index in [2.05, 4.69) is 55.0 Å². The Hall–Kier alpha value is -1.10. The molecule has 2 amide bonds. The first kappa shape index (κ1) is 58.9. The molecule has 62 heavy (non-hydrogen) atoms. The van der Waals surface area contributed by atoms with Crippen molar-refractivity contribution in [2.24, 2.45) is 17.6 Å². The highest BCUT2D eigenvalue weighted by Gasteiger charge is 2.39. The molecule has 0 aliphatic carbocycles. The number of ether oxygens (including phenoxy) is 1. The van der Waals surface area contributed by atoms with Crippen LogP contribution in [-0.2, 0) is 4.79 Å². The second kappa shape index (κ2) is 39.1. The molecule has 0 aromatic carbocycles. The van der Waals surface area contributed by atoms with Crippen LogP contribution < -0.4 is 10.5 Å². The van der Waals surface area contributed by atoms with Crippen molar-refractivity contribution in [2.75, 3.05) is 13.1 Å². The molecule has 3 N–H and O–H groups in total. The van der Waals surface area contributed by atoms with E-state index in [-0.39, 0.29) is 29.6 Å². The lowest BCUT2D eigenvalue weighted by atomic mass is 9.93. The summed E-state index contributed by atoms with van der Waals surface area (Å²) in [6.07, 6.45) is 40.5. The number of hydrogen-bond acceptors (Lipinski definition) is 8. The van der Waals surface area contributed by atoms with Crippen LogP contribution in [0.3, 0.4) is 0 Å².